The topological polar surface area (TPSA) is 688 Å². The Balaban J connectivity index is -0.000000379. The molecule has 0 saturated heterocycles. The molecular formula is C79H131N13O20. The van der Waals surface area contributed by atoms with Crippen LogP contribution < -0.4 is 63.1 Å². The largest absolute Gasteiger partial charge is 0.508 e. The first-order chi connectivity index (χ1) is 51.4. The Morgan fingerprint density at radius 3 is 0.589 bits per heavy atom. The van der Waals surface area contributed by atoms with Gasteiger partial charge in [0.1, 0.15) is 75.1 Å². The first-order valence-electron chi connectivity index (χ1n) is 35.7. The van der Waals surface area contributed by atoms with E-state index in [0.717, 1.165) is 44.1 Å². The van der Waals surface area contributed by atoms with Crippen LogP contribution in [-0.4, -0.2) is 229 Å². The van der Waals surface area contributed by atoms with E-state index in [1.807, 2.05) is 60.9 Å². The Morgan fingerprint density at radius 2 is 0.438 bits per heavy atom. The maximum atomic E-state index is 11.1. The Hall–Kier alpha value is -8.79. The molecule has 0 amide bonds. The quantitative estimate of drug-likeness (QED) is 0.0338. The summed E-state index contributed by atoms with van der Waals surface area (Å²) < 4.78 is 0. The van der Waals surface area contributed by atoms with Crippen LogP contribution in [0, 0.1) is 0 Å². The highest BCUT2D eigenvalue weighted by atomic mass is 16.3. The summed E-state index contributed by atoms with van der Waals surface area (Å²) in [7, 11) is 0. The van der Waals surface area contributed by atoms with Gasteiger partial charge in [0.25, 0.3) is 0 Å². The summed E-state index contributed by atoms with van der Waals surface area (Å²) in [4.78, 5) is 122. The lowest BCUT2D eigenvalue weighted by Gasteiger charge is -2.08. The van der Waals surface area contributed by atoms with Crippen molar-refractivity contribution in [3.8, 4) is 11.5 Å². The summed E-state index contributed by atoms with van der Waals surface area (Å²) in [5, 5.41) is 80.8. The number of ketones is 11. The normalized spacial score (nSPS) is 15.1. The fraction of sp³-hybridized carbons (Fsp3) is 0.506. The number of carbonyl (C=O) groups excluding carboxylic acids is 11. The second-order valence-corrected chi connectivity index (χ2v) is 26.9. The highest BCUT2D eigenvalue weighted by molar-refractivity contribution is 5.88. The zero-order valence-corrected chi connectivity index (χ0v) is 68.0. The number of aromatic nitrogens is 2. The van der Waals surface area contributed by atoms with E-state index in [4.69, 9.17) is 109 Å². The van der Waals surface area contributed by atoms with Crippen LogP contribution in [0.3, 0.4) is 0 Å². The van der Waals surface area contributed by atoms with Crippen LogP contribution in [0.25, 0.3) is 21.8 Å². The summed E-state index contributed by atoms with van der Waals surface area (Å²) in [6, 6.07) is 22.7. The van der Waals surface area contributed by atoms with E-state index in [1.54, 1.807) is 48.5 Å². The highest BCUT2D eigenvalue weighted by Crippen LogP contribution is 2.20. The van der Waals surface area contributed by atoms with Crippen LogP contribution in [0.2, 0.25) is 0 Å². The maximum absolute atomic E-state index is 11.1. The van der Waals surface area contributed by atoms with Gasteiger partial charge in [0, 0.05) is 34.2 Å². The van der Waals surface area contributed by atoms with E-state index in [1.165, 1.54) is 125 Å². The zero-order valence-electron chi connectivity index (χ0n) is 68.0. The van der Waals surface area contributed by atoms with Crippen molar-refractivity contribution in [1.29, 1.82) is 0 Å². The number of Topliss-reactive ketones (excluding diaryl/α,β-unsaturated/α-hetero) is 11. The molecule has 6 rings (SSSR count). The standard InChI is InChI=1S/2C12H14N2O.2C10H13NO2.7C5H11NO2/c2*1-8(15)11(13)6-9-7-14-12-5-3-2-4-10(9)12;2*1-7(12)10(11)6-8-2-4-9(13)5-3-8;7*1-3(7)5(6)4(2)8/h2*2-5,7,11,14H,6,13H2,1H3;2*2-5,10,13H,6,11H2,1H3;7*3,5,7H,6H2,1-2H3/t2*11-;2*10-;4*3-,5+;3*3-,5-/m10101100100/s1. The molecule has 112 heavy (non-hydrogen) atoms. The third-order valence-corrected chi connectivity index (χ3v) is 16.0. The number of para-hydroxylation sites is 2. The van der Waals surface area contributed by atoms with Gasteiger partial charge in [-0.05, 0) is 209 Å². The molecule has 4 aromatic carbocycles. The molecule has 6 aromatic rings. The minimum absolute atomic E-state index is 0.0203. The molecule has 2 heterocycles. The number of aromatic amines is 2. The van der Waals surface area contributed by atoms with E-state index in [-0.39, 0.29) is 75.1 Å². The van der Waals surface area contributed by atoms with E-state index >= 15 is 0 Å². The Labute approximate surface area is 657 Å². The molecule has 2 aromatic heterocycles. The van der Waals surface area contributed by atoms with Crippen molar-refractivity contribution in [1.82, 2.24) is 9.97 Å². The predicted octanol–water partition coefficient (Wildman–Crippen LogP) is -0.0601. The van der Waals surface area contributed by atoms with E-state index in [0.29, 0.717) is 25.7 Å². The molecule has 0 unspecified atom stereocenters. The Kier molecular flexibility index (Phi) is 59.8. The van der Waals surface area contributed by atoms with Gasteiger partial charge in [-0.2, -0.15) is 0 Å². The molecule has 0 aliphatic rings. The number of H-pyrrole nitrogens is 2. The number of phenols is 2. The monoisotopic (exact) mass is 1580 g/mol. The number of carbonyl (C=O) groups is 11. The molecule has 33 N–H and O–H groups in total. The number of hydrogen-bond donors (Lipinski definition) is 22. The number of benzene rings is 4. The molecule has 18 atom stereocenters. The minimum Gasteiger partial charge on any atom is -0.508 e. The number of phenolic OH excluding ortho intramolecular Hbond substituents is 2. The van der Waals surface area contributed by atoms with Crippen LogP contribution in [-0.2, 0) is 78.4 Å². The fourth-order valence-electron chi connectivity index (χ4n) is 7.80. The van der Waals surface area contributed by atoms with Gasteiger partial charge in [-0.15, -0.1) is 0 Å². The smallest absolute Gasteiger partial charge is 0.149 e. The molecule has 0 aliphatic carbocycles. The summed E-state index contributed by atoms with van der Waals surface area (Å²) >= 11 is 0. The van der Waals surface area contributed by atoms with Gasteiger partial charge in [-0.1, -0.05) is 60.7 Å². The lowest BCUT2D eigenvalue weighted by atomic mass is 10.0. The van der Waals surface area contributed by atoms with Gasteiger partial charge in [0.2, 0.25) is 0 Å². The number of aliphatic hydroxyl groups is 7. The second kappa shape index (κ2) is 59.9. The lowest BCUT2D eigenvalue weighted by molar-refractivity contribution is -0.121. The highest BCUT2D eigenvalue weighted by Gasteiger charge is 2.19. The number of rotatable bonds is 26. The molecule has 0 radical (unpaired) electrons. The summed E-state index contributed by atoms with van der Waals surface area (Å²) in [5.74, 6) is -0.804. The van der Waals surface area contributed by atoms with E-state index in [2.05, 4.69) is 9.97 Å². The average Bonchev–Trinajstić information content (AvgIpc) is 1.69. The first-order valence-corrected chi connectivity index (χ1v) is 35.7. The third kappa shape index (κ3) is 52.4. The number of fused-ring (bicyclic) bond motifs is 2. The van der Waals surface area contributed by atoms with Crippen molar-refractivity contribution >= 4 is 85.4 Å². The van der Waals surface area contributed by atoms with Crippen LogP contribution in [0.1, 0.15) is 147 Å². The van der Waals surface area contributed by atoms with Gasteiger partial charge in [0.15, 0.2) is 0 Å². The summed E-state index contributed by atoms with van der Waals surface area (Å²) in [5.41, 5.74) is 65.0. The van der Waals surface area contributed by atoms with Gasteiger partial charge in [0.05, 0.1) is 109 Å². The number of aromatic hydroxyl groups is 2. The Bertz CT molecular complexity index is 3340. The SMILES string of the molecule is CC(=O)[C@@H](N)Cc1c[nH]c2ccccc12.CC(=O)[C@@H](N)Cc1ccc(O)cc1.CC(=O)[C@@H](N)[C@@H](C)O.CC(=O)[C@@H](N)[C@@H](C)O.CC(=O)[C@@H](N)[C@H](C)O.CC(=O)[C@@H](N)[C@H](C)O.CC(=O)[C@H](N)Cc1c[nH]c2ccccc12.CC(=O)[C@H](N)Cc1ccc(O)cc1.CC(=O)[C@H](N)[C@@H](C)O.CC(=O)[C@H](N)[C@H](C)O.CC(=O)[C@H](N)[C@H](C)O. The van der Waals surface area contributed by atoms with Crippen molar-refractivity contribution < 1.29 is 98.7 Å². The van der Waals surface area contributed by atoms with Crippen molar-refractivity contribution in [3.05, 3.63) is 132 Å². The predicted molar refractivity (Wildman–Crippen MR) is 435 cm³/mol. The number of aliphatic hydroxyl groups excluding tert-OH is 7. The summed E-state index contributed by atoms with van der Waals surface area (Å²) in [6.07, 6.45) is 0.984. The lowest BCUT2D eigenvalue weighted by Crippen LogP contribution is -2.38. The molecule has 0 spiro atoms. The van der Waals surface area contributed by atoms with Crippen molar-refractivity contribution in [2.45, 2.75) is 259 Å². The number of nitrogens with one attached hydrogen (secondary N) is 2. The number of nitrogens with two attached hydrogens (primary N) is 11. The molecule has 0 saturated carbocycles. The minimum atomic E-state index is -0.729. The zero-order chi connectivity index (χ0) is 88.5. The number of hydrogen-bond acceptors (Lipinski definition) is 31. The van der Waals surface area contributed by atoms with E-state index in [9.17, 15) is 52.7 Å². The fourth-order valence-corrected chi connectivity index (χ4v) is 7.80. The molecule has 0 bridgehead atoms. The van der Waals surface area contributed by atoms with Crippen LogP contribution >= 0.6 is 0 Å². The van der Waals surface area contributed by atoms with Crippen LogP contribution in [0.5, 0.6) is 11.5 Å². The Morgan fingerprint density at radius 1 is 0.268 bits per heavy atom. The van der Waals surface area contributed by atoms with Crippen molar-refractivity contribution in [2.24, 2.45) is 63.1 Å². The maximum Gasteiger partial charge on any atom is 0.149 e. The average molecular weight is 1580 g/mol. The molecule has 33 nitrogen and oxygen atoms in total. The molecule has 632 valence electrons. The summed E-state index contributed by atoms with van der Waals surface area (Å²) in [6.45, 7) is 26.0. The van der Waals surface area contributed by atoms with Gasteiger partial charge >= 0.3 is 0 Å². The van der Waals surface area contributed by atoms with Gasteiger partial charge in [-0.3, -0.25) is 52.7 Å². The molecule has 0 aliphatic heterocycles. The van der Waals surface area contributed by atoms with Crippen molar-refractivity contribution in [3.63, 3.8) is 0 Å². The van der Waals surface area contributed by atoms with Crippen LogP contribution in [0.15, 0.2) is 109 Å². The second-order valence-electron chi connectivity index (χ2n) is 26.9. The molecular weight excluding hydrogens is 1450 g/mol. The van der Waals surface area contributed by atoms with Crippen molar-refractivity contribution in [2.75, 3.05) is 0 Å². The van der Waals surface area contributed by atoms with Crippen LogP contribution in [0.4, 0.5) is 0 Å². The van der Waals surface area contributed by atoms with E-state index < -0.39 is 109 Å². The molecule has 33 heteroatoms. The van der Waals surface area contributed by atoms with Gasteiger partial charge in [-0.25, -0.2) is 0 Å². The first kappa shape index (κ1) is 112. The van der Waals surface area contributed by atoms with Gasteiger partial charge < -0.3 is 119 Å². The third-order valence-electron chi connectivity index (χ3n) is 16.0. The molecule has 0 fully saturated rings.